The number of aromatic nitrogens is 4. The van der Waals surface area contributed by atoms with Crippen LogP contribution in [0, 0.1) is 6.92 Å². The van der Waals surface area contributed by atoms with E-state index < -0.39 is 0 Å². The Balaban J connectivity index is 1.95. The normalized spacial score (nSPS) is 11.3. The Morgan fingerprint density at radius 1 is 1.12 bits per heavy atom. The van der Waals surface area contributed by atoms with Crippen LogP contribution in [-0.4, -0.2) is 19.6 Å². The number of fused-ring (bicyclic) bond motifs is 3. The van der Waals surface area contributed by atoms with Crippen molar-refractivity contribution in [2.24, 2.45) is 0 Å². The molecule has 0 atom stereocenters. The average Bonchev–Trinajstić information content (AvgIpc) is 3.02. The lowest BCUT2D eigenvalue weighted by molar-refractivity contribution is 0.922. The Bertz CT molecular complexity index is 1050. The van der Waals surface area contributed by atoms with Gasteiger partial charge in [0.05, 0.1) is 21.7 Å². The van der Waals surface area contributed by atoms with Gasteiger partial charge in [-0.3, -0.25) is 4.40 Å². The molecule has 0 unspecified atom stereocenters. The number of hydrogen-bond donors (Lipinski definition) is 1. The van der Waals surface area contributed by atoms with E-state index in [0.29, 0.717) is 16.5 Å². The van der Waals surface area contributed by atoms with Crippen LogP contribution in [0.4, 0.5) is 11.5 Å². The van der Waals surface area contributed by atoms with Gasteiger partial charge in [-0.05, 0) is 36.8 Å². The van der Waals surface area contributed by atoms with Crippen LogP contribution in [0.15, 0.2) is 42.5 Å². The van der Waals surface area contributed by atoms with Crippen LogP contribution in [0.3, 0.4) is 0 Å². The Morgan fingerprint density at radius 3 is 2.75 bits per heavy atom. The average molecular weight is 338 g/mol. The van der Waals surface area contributed by atoms with Gasteiger partial charge in [0.25, 0.3) is 0 Å². The number of anilines is 2. The first-order chi connectivity index (χ1) is 11.7. The molecule has 0 aliphatic carbocycles. The summed E-state index contributed by atoms with van der Waals surface area (Å²) in [5, 5.41) is 12.6. The summed E-state index contributed by atoms with van der Waals surface area (Å²) in [5.41, 5.74) is 4.48. The van der Waals surface area contributed by atoms with Crippen molar-refractivity contribution in [3.05, 3.63) is 58.9 Å². The summed E-state index contributed by atoms with van der Waals surface area (Å²) < 4.78 is 2.05. The van der Waals surface area contributed by atoms with Gasteiger partial charge in [0.2, 0.25) is 5.65 Å². The van der Waals surface area contributed by atoms with Crippen molar-refractivity contribution in [1.82, 2.24) is 19.6 Å². The first-order valence-electron chi connectivity index (χ1n) is 7.83. The Hall–Kier alpha value is -2.66. The fourth-order valence-corrected chi connectivity index (χ4v) is 3.09. The number of halogens is 1. The van der Waals surface area contributed by atoms with Crippen LogP contribution in [0.25, 0.3) is 16.7 Å². The topological polar surface area (TPSA) is 55.1 Å². The van der Waals surface area contributed by atoms with Crippen LogP contribution < -0.4 is 5.32 Å². The zero-order valence-corrected chi connectivity index (χ0v) is 14.2. The fraction of sp³-hybridized carbons (Fsp3) is 0.167. The summed E-state index contributed by atoms with van der Waals surface area (Å²) in [4.78, 5) is 4.72. The van der Waals surface area contributed by atoms with E-state index in [1.807, 2.05) is 53.8 Å². The summed E-state index contributed by atoms with van der Waals surface area (Å²) in [7, 11) is 0. The smallest absolute Gasteiger partial charge is 0.204 e. The van der Waals surface area contributed by atoms with Crippen molar-refractivity contribution in [3.8, 4) is 0 Å². The standard InChI is InChI=1S/C18H16ClN5/c1-3-16-22-23-18-17(20-13-9-8-11(2)10-12(13)19)21-14-6-4-5-7-15(14)24(16)18/h4-10H,3H2,1-2H3,(H,20,21). The van der Waals surface area contributed by atoms with Gasteiger partial charge in [-0.25, -0.2) is 4.98 Å². The predicted molar refractivity (Wildman–Crippen MR) is 97.1 cm³/mol. The van der Waals surface area contributed by atoms with Gasteiger partial charge in [-0.1, -0.05) is 36.7 Å². The highest BCUT2D eigenvalue weighted by Gasteiger charge is 2.15. The molecule has 0 saturated carbocycles. The van der Waals surface area contributed by atoms with Gasteiger partial charge in [-0.2, -0.15) is 0 Å². The molecule has 120 valence electrons. The van der Waals surface area contributed by atoms with Crippen LogP contribution in [0.5, 0.6) is 0 Å². The number of nitrogens with one attached hydrogen (secondary N) is 1. The highest BCUT2D eigenvalue weighted by Crippen LogP contribution is 2.29. The van der Waals surface area contributed by atoms with E-state index in [9.17, 15) is 0 Å². The SMILES string of the molecule is CCc1nnc2c(Nc3ccc(C)cc3Cl)nc3ccccc3n12. The van der Waals surface area contributed by atoms with Gasteiger partial charge in [0, 0.05) is 6.42 Å². The van der Waals surface area contributed by atoms with Crippen LogP contribution >= 0.6 is 11.6 Å². The molecule has 4 aromatic rings. The molecule has 0 aliphatic rings. The van der Waals surface area contributed by atoms with Crippen molar-refractivity contribution in [2.45, 2.75) is 20.3 Å². The van der Waals surface area contributed by atoms with Crippen molar-refractivity contribution in [3.63, 3.8) is 0 Å². The Labute approximate surface area is 144 Å². The number of rotatable bonds is 3. The van der Waals surface area contributed by atoms with E-state index in [4.69, 9.17) is 16.6 Å². The van der Waals surface area contributed by atoms with Crippen molar-refractivity contribution in [1.29, 1.82) is 0 Å². The molecule has 24 heavy (non-hydrogen) atoms. The third-order valence-corrected chi connectivity index (χ3v) is 4.30. The van der Waals surface area contributed by atoms with E-state index in [-0.39, 0.29) is 0 Å². The molecule has 6 heteroatoms. The molecule has 0 bridgehead atoms. The first-order valence-corrected chi connectivity index (χ1v) is 8.21. The lowest BCUT2D eigenvalue weighted by Gasteiger charge is -2.11. The van der Waals surface area contributed by atoms with Crippen molar-refractivity contribution < 1.29 is 0 Å². The summed E-state index contributed by atoms with van der Waals surface area (Å²) in [6.45, 7) is 4.07. The largest absolute Gasteiger partial charge is 0.336 e. The van der Waals surface area contributed by atoms with Gasteiger partial charge in [0.1, 0.15) is 5.82 Å². The molecule has 1 N–H and O–H groups in total. The van der Waals surface area contributed by atoms with Crippen molar-refractivity contribution >= 4 is 39.8 Å². The number of hydrogen-bond acceptors (Lipinski definition) is 4. The molecule has 0 fully saturated rings. The number of aryl methyl sites for hydroxylation is 2. The second kappa shape index (κ2) is 5.76. The molecule has 4 rings (SSSR count). The number of benzene rings is 2. The van der Waals surface area contributed by atoms with E-state index >= 15 is 0 Å². The molecule has 0 spiro atoms. The second-order valence-electron chi connectivity index (χ2n) is 5.69. The Morgan fingerprint density at radius 2 is 1.96 bits per heavy atom. The summed E-state index contributed by atoms with van der Waals surface area (Å²) in [5.74, 6) is 1.55. The summed E-state index contributed by atoms with van der Waals surface area (Å²) in [6, 6.07) is 13.8. The highest BCUT2D eigenvalue weighted by molar-refractivity contribution is 6.33. The van der Waals surface area contributed by atoms with Gasteiger partial charge in [0.15, 0.2) is 5.82 Å². The maximum absolute atomic E-state index is 6.35. The molecular weight excluding hydrogens is 322 g/mol. The minimum Gasteiger partial charge on any atom is -0.336 e. The number of nitrogens with zero attached hydrogens (tertiary/aromatic N) is 4. The van der Waals surface area contributed by atoms with E-state index in [1.54, 1.807) is 0 Å². The molecule has 2 aromatic carbocycles. The molecule has 0 aliphatic heterocycles. The molecule has 0 radical (unpaired) electrons. The Kier molecular flexibility index (Phi) is 3.58. The molecule has 2 heterocycles. The quantitative estimate of drug-likeness (QED) is 0.596. The first kappa shape index (κ1) is 14.9. The van der Waals surface area contributed by atoms with Gasteiger partial charge >= 0.3 is 0 Å². The molecule has 0 amide bonds. The number of para-hydroxylation sites is 2. The minimum atomic E-state index is 0.645. The van der Waals surface area contributed by atoms with Gasteiger partial charge < -0.3 is 5.32 Å². The third-order valence-electron chi connectivity index (χ3n) is 3.99. The molecule has 2 aromatic heterocycles. The highest BCUT2D eigenvalue weighted by atomic mass is 35.5. The predicted octanol–water partition coefficient (Wildman–Crippen LogP) is 4.55. The third kappa shape index (κ3) is 2.37. The van der Waals surface area contributed by atoms with Crippen molar-refractivity contribution in [2.75, 3.05) is 5.32 Å². The maximum Gasteiger partial charge on any atom is 0.204 e. The van der Waals surface area contributed by atoms with Crippen LogP contribution in [0.2, 0.25) is 5.02 Å². The zero-order chi connectivity index (χ0) is 16.7. The minimum absolute atomic E-state index is 0.645. The lowest BCUT2D eigenvalue weighted by Crippen LogP contribution is -2.02. The van der Waals surface area contributed by atoms with E-state index in [1.165, 1.54) is 0 Å². The summed E-state index contributed by atoms with van der Waals surface area (Å²) in [6.07, 6.45) is 0.792. The second-order valence-corrected chi connectivity index (χ2v) is 6.09. The fourth-order valence-electron chi connectivity index (χ4n) is 2.80. The lowest BCUT2D eigenvalue weighted by atomic mass is 10.2. The summed E-state index contributed by atoms with van der Waals surface area (Å²) >= 11 is 6.35. The maximum atomic E-state index is 6.35. The van der Waals surface area contributed by atoms with E-state index in [2.05, 4.69) is 22.4 Å². The monoisotopic (exact) mass is 337 g/mol. The van der Waals surface area contributed by atoms with E-state index in [0.717, 1.165) is 34.5 Å². The van der Waals surface area contributed by atoms with Gasteiger partial charge in [-0.15, -0.1) is 10.2 Å². The molecule has 5 nitrogen and oxygen atoms in total. The zero-order valence-electron chi connectivity index (χ0n) is 13.4. The van der Waals surface area contributed by atoms with Crippen LogP contribution in [0.1, 0.15) is 18.3 Å². The molecule has 0 saturated heterocycles. The van der Waals surface area contributed by atoms with Crippen LogP contribution in [-0.2, 0) is 6.42 Å². The molecular formula is C18H16ClN5.